The zero-order valence-electron chi connectivity index (χ0n) is 12.0. The van der Waals surface area contributed by atoms with Crippen LogP contribution in [-0.4, -0.2) is 47.0 Å². The van der Waals surface area contributed by atoms with Crippen LogP contribution in [-0.2, 0) is 11.3 Å². The highest BCUT2D eigenvalue weighted by Crippen LogP contribution is 2.18. The number of carboxylic acids is 1. The van der Waals surface area contributed by atoms with Crippen LogP contribution in [0.25, 0.3) is 0 Å². The molecule has 2 amide bonds. The van der Waals surface area contributed by atoms with Gasteiger partial charge in [0.15, 0.2) is 0 Å². The third kappa shape index (κ3) is 3.93. The third-order valence-electron chi connectivity index (χ3n) is 3.68. The molecule has 1 heterocycles. The van der Waals surface area contributed by atoms with Gasteiger partial charge >= 0.3 is 12.0 Å². The fourth-order valence-corrected chi connectivity index (χ4v) is 2.57. The molecular formula is C15H19FN2O3. The molecule has 1 N–H and O–H groups in total. The van der Waals surface area contributed by atoms with E-state index < -0.39 is 11.9 Å². The van der Waals surface area contributed by atoms with E-state index in [4.69, 9.17) is 5.11 Å². The molecule has 1 fully saturated rings. The maximum atomic E-state index is 13.1. The van der Waals surface area contributed by atoms with Crippen LogP contribution in [0, 0.1) is 11.7 Å². The van der Waals surface area contributed by atoms with Gasteiger partial charge in [-0.15, -0.1) is 0 Å². The van der Waals surface area contributed by atoms with E-state index in [1.807, 2.05) is 0 Å². The summed E-state index contributed by atoms with van der Waals surface area (Å²) in [7, 11) is 1.64. The van der Waals surface area contributed by atoms with Crippen LogP contribution >= 0.6 is 0 Å². The van der Waals surface area contributed by atoms with Gasteiger partial charge in [0.1, 0.15) is 5.82 Å². The Hall–Kier alpha value is -2.11. The Morgan fingerprint density at radius 3 is 2.90 bits per heavy atom. The number of halogens is 1. The molecule has 1 aliphatic rings. The first-order valence-electron chi connectivity index (χ1n) is 6.94. The van der Waals surface area contributed by atoms with Crippen LogP contribution in [0.3, 0.4) is 0 Å². The standard InChI is InChI=1S/C15H19FN2O3/c1-17(9-11-4-2-6-13(16)8-11)15(21)18-7-3-5-12(10-18)14(19)20/h2,4,6,8,12H,3,5,7,9-10H2,1H3,(H,19,20)/t12-/m1/s1. The lowest BCUT2D eigenvalue weighted by atomic mass is 9.99. The second kappa shape index (κ2) is 6.56. The van der Waals surface area contributed by atoms with Crippen LogP contribution in [0.1, 0.15) is 18.4 Å². The lowest BCUT2D eigenvalue weighted by Crippen LogP contribution is -2.47. The van der Waals surface area contributed by atoms with Crippen molar-refractivity contribution in [2.24, 2.45) is 5.92 Å². The van der Waals surface area contributed by atoms with Gasteiger partial charge in [-0.2, -0.15) is 0 Å². The van der Waals surface area contributed by atoms with Crippen molar-refractivity contribution < 1.29 is 19.1 Å². The summed E-state index contributed by atoms with van der Waals surface area (Å²) in [6, 6.07) is 5.88. The molecular weight excluding hydrogens is 275 g/mol. The fourth-order valence-electron chi connectivity index (χ4n) is 2.57. The molecule has 2 rings (SSSR count). The highest BCUT2D eigenvalue weighted by molar-refractivity contribution is 5.76. The number of likely N-dealkylation sites (tertiary alicyclic amines) is 1. The van der Waals surface area contributed by atoms with Crippen molar-refractivity contribution in [1.82, 2.24) is 9.80 Å². The van der Waals surface area contributed by atoms with Gasteiger partial charge in [0.05, 0.1) is 5.92 Å². The number of carbonyl (C=O) groups excluding carboxylic acids is 1. The van der Waals surface area contributed by atoms with E-state index in [0.29, 0.717) is 31.5 Å². The average Bonchev–Trinajstić information content (AvgIpc) is 2.46. The lowest BCUT2D eigenvalue weighted by molar-refractivity contribution is -0.143. The molecule has 114 valence electrons. The number of piperidine rings is 1. The van der Waals surface area contributed by atoms with E-state index >= 15 is 0 Å². The summed E-state index contributed by atoms with van der Waals surface area (Å²) in [6.45, 7) is 1.10. The predicted molar refractivity (Wildman–Crippen MR) is 75.2 cm³/mol. The Bertz CT molecular complexity index is 535. The Morgan fingerprint density at radius 1 is 1.48 bits per heavy atom. The van der Waals surface area contributed by atoms with E-state index in [2.05, 4.69) is 0 Å². The minimum Gasteiger partial charge on any atom is -0.481 e. The monoisotopic (exact) mass is 294 g/mol. The van der Waals surface area contributed by atoms with E-state index in [9.17, 15) is 14.0 Å². The number of aliphatic carboxylic acids is 1. The highest BCUT2D eigenvalue weighted by atomic mass is 19.1. The SMILES string of the molecule is CN(Cc1cccc(F)c1)C(=O)N1CCC[C@@H](C(=O)O)C1. The summed E-state index contributed by atoms with van der Waals surface area (Å²) < 4.78 is 13.1. The van der Waals surface area contributed by atoms with Crippen LogP contribution in [0.5, 0.6) is 0 Å². The number of benzene rings is 1. The number of amides is 2. The predicted octanol–water partition coefficient (Wildman–Crippen LogP) is 2.17. The summed E-state index contributed by atoms with van der Waals surface area (Å²) in [4.78, 5) is 26.4. The van der Waals surface area contributed by atoms with Crippen molar-refractivity contribution in [3.63, 3.8) is 0 Å². The van der Waals surface area contributed by atoms with Crippen molar-refractivity contribution in [3.8, 4) is 0 Å². The topological polar surface area (TPSA) is 60.9 Å². The molecule has 0 unspecified atom stereocenters. The molecule has 0 spiro atoms. The summed E-state index contributed by atoms with van der Waals surface area (Å²) in [5, 5.41) is 9.05. The number of nitrogens with zero attached hydrogens (tertiary/aromatic N) is 2. The molecule has 0 aliphatic carbocycles. The molecule has 5 nitrogen and oxygen atoms in total. The fraction of sp³-hybridized carbons (Fsp3) is 0.467. The molecule has 0 aromatic heterocycles. The van der Waals surface area contributed by atoms with Crippen molar-refractivity contribution in [2.45, 2.75) is 19.4 Å². The van der Waals surface area contributed by atoms with Crippen LogP contribution in [0.2, 0.25) is 0 Å². The summed E-state index contributed by atoms with van der Waals surface area (Å²) in [6.07, 6.45) is 1.29. The Kier molecular flexibility index (Phi) is 4.77. The van der Waals surface area contributed by atoms with Gasteiger partial charge in [-0.25, -0.2) is 9.18 Å². The number of rotatable bonds is 3. The molecule has 0 radical (unpaired) electrons. The van der Waals surface area contributed by atoms with Crippen molar-refractivity contribution in [3.05, 3.63) is 35.6 Å². The van der Waals surface area contributed by atoms with Gasteiger partial charge in [-0.3, -0.25) is 4.79 Å². The zero-order chi connectivity index (χ0) is 15.4. The first-order chi connectivity index (χ1) is 9.97. The lowest BCUT2D eigenvalue weighted by Gasteiger charge is -2.33. The van der Waals surface area contributed by atoms with Crippen LogP contribution in [0.15, 0.2) is 24.3 Å². The minimum absolute atomic E-state index is 0.217. The molecule has 1 aliphatic heterocycles. The highest BCUT2D eigenvalue weighted by Gasteiger charge is 2.29. The summed E-state index contributed by atoms with van der Waals surface area (Å²) >= 11 is 0. The largest absolute Gasteiger partial charge is 0.481 e. The van der Waals surface area contributed by atoms with Crippen molar-refractivity contribution in [2.75, 3.05) is 20.1 Å². The maximum absolute atomic E-state index is 13.1. The molecule has 1 saturated heterocycles. The minimum atomic E-state index is -0.861. The van der Waals surface area contributed by atoms with Gasteiger partial charge < -0.3 is 14.9 Å². The van der Waals surface area contributed by atoms with E-state index in [0.717, 1.165) is 0 Å². The first kappa shape index (κ1) is 15.3. The summed E-state index contributed by atoms with van der Waals surface area (Å²) in [5.41, 5.74) is 0.706. The number of hydrogen-bond acceptors (Lipinski definition) is 2. The van der Waals surface area contributed by atoms with Gasteiger partial charge in [0.25, 0.3) is 0 Å². The van der Waals surface area contributed by atoms with E-state index in [1.165, 1.54) is 17.0 Å². The van der Waals surface area contributed by atoms with E-state index in [-0.39, 0.29) is 18.4 Å². The van der Waals surface area contributed by atoms with Gasteiger partial charge in [-0.05, 0) is 30.5 Å². The third-order valence-corrected chi connectivity index (χ3v) is 3.68. The Balaban J connectivity index is 1.97. The molecule has 1 aromatic carbocycles. The van der Waals surface area contributed by atoms with Gasteiger partial charge in [0.2, 0.25) is 0 Å². The first-order valence-corrected chi connectivity index (χ1v) is 6.94. The quantitative estimate of drug-likeness (QED) is 0.929. The van der Waals surface area contributed by atoms with Gasteiger partial charge in [-0.1, -0.05) is 12.1 Å². The molecule has 6 heteroatoms. The number of urea groups is 1. The molecule has 0 saturated carbocycles. The smallest absolute Gasteiger partial charge is 0.320 e. The molecule has 0 bridgehead atoms. The van der Waals surface area contributed by atoms with Crippen LogP contribution in [0.4, 0.5) is 9.18 Å². The molecule has 1 atom stereocenters. The normalized spacial score (nSPS) is 18.4. The Labute approximate surface area is 123 Å². The molecule has 1 aromatic rings. The Morgan fingerprint density at radius 2 is 2.24 bits per heavy atom. The number of carbonyl (C=O) groups is 2. The number of carboxylic acid groups (broad SMARTS) is 1. The van der Waals surface area contributed by atoms with Crippen molar-refractivity contribution >= 4 is 12.0 Å². The van der Waals surface area contributed by atoms with Gasteiger partial charge in [0, 0.05) is 26.7 Å². The summed E-state index contributed by atoms with van der Waals surface area (Å²) in [5.74, 6) is -1.69. The maximum Gasteiger partial charge on any atom is 0.320 e. The zero-order valence-corrected chi connectivity index (χ0v) is 12.0. The molecule has 21 heavy (non-hydrogen) atoms. The second-order valence-electron chi connectivity index (χ2n) is 5.39. The van der Waals surface area contributed by atoms with Crippen molar-refractivity contribution in [1.29, 1.82) is 0 Å². The number of hydrogen-bond donors (Lipinski definition) is 1. The van der Waals surface area contributed by atoms with Crippen LogP contribution < -0.4 is 0 Å². The van der Waals surface area contributed by atoms with E-state index in [1.54, 1.807) is 24.1 Å². The average molecular weight is 294 g/mol. The second-order valence-corrected chi connectivity index (χ2v) is 5.39.